The van der Waals surface area contributed by atoms with E-state index in [2.05, 4.69) is 15.5 Å². The second kappa shape index (κ2) is 8.20. The van der Waals surface area contributed by atoms with Crippen molar-refractivity contribution in [3.63, 3.8) is 0 Å². The summed E-state index contributed by atoms with van der Waals surface area (Å²) in [6, 6.07) is 10.3. The molecule has 0 aliphatic heterocycles. The molecule has 0 saturated heterocycles. The highest BCUT2D eigenvalue weighted by Gasteiger charge is 2.48. The van der Waals surface area contributed by atoms with Gasteiger partial charge in [0.1, 0.15) is 5.82 Å². The van der Waals surface area contributed by atoms with Crippen molar-refractivity contribution in [1.82, 2.24) is 20.2 Å². The lowest BCUT2D eigenvalue weighted by Gasteiger charge is -2.27. The van der Waals surface area contributed by atoms with Crippen molar-refractivity contribution in [2.75, 3.05) is 0 Å². The van der Waals surface area contributed by atoms with Gasteiger partial charge >= 0.3 is 6.18 Å². The molecule has 0 bridgehead atoms. The van der Waals surface area contributed by atoms with Gasteiger partial charge in [0, 0.05) is 17.9 Å². The summed E-state index contributed by atoms with van der Waals surface area (Å²) in [6.45, 7) is 5.77. The molecule has 0 spiro atoms. The minimum absolute atomic E-state index is 0.0345. The third-order valence-electron chi connectivity index (χ3n) is 5.04. The van der Waals surface area contributed by atoms with Crippen LogP contribution >= 0.6 is 0 Å². The van der Waals surface area contributed by atoms with Crippen LogP contribution in [0.3, 0.4) is 0 Å². The van der Waals surface area contributed by atoms with Crippen LogP contribution in [0.25, 0.3) is 16.8 Å². The summed E-state index contributed by atoms with van der Waals surface area (Å²) in [6.07, 6.45) is -5.24. The Bertz CT molecular complexity index is 1090. The van der Waals surface area contributed by atoms with E-state index in [-0.39, 0.29) is 11.5 Å². The highest BCUT2D eigenvalue weighted by Crippen LogP contribution is 2.41. The van der Waals surface area contributed by atoms with Crippen molar-refractivity contribution in [1.29, 1.82) is 0 Å². The van der Waals surface area contributed by atoms with Gasteiger partial charge in [0.2, 0.25) is 0 Å². The first-order valence-electron chi connectivity index (χ1n) is 9.68. The lowest BCUT2D eigenvalue weighted by atomic mass is 9.84. The molecule has 0 saturated carbocycles. The van der Waals surface area contributed by atoms with Crippen molar-refractivity contribution in [2.45, 2.75) is 46.2 Å². The second-order valence-corrected chi connectivity index (χ2v) is 8.36. The Hall–Kier alpha value is -3.10. The molecule has 0 N–H and O–H groups in total. The monoisotopic (exact) mass is 434 g/mol. The highest BCUT2D eigenvalue weighted by molar-refractivity contribution is 5.98. The molecule has 3 rings (SSSR count). The molecule has 164 valence electrons. The lowest BCUT2D eigenvalue weighted by Crippen LogP contribution is -2.34. The number of carbonyl (C=O) groups is 1. The maximum Gasteiger partial charge on any atom is 0.394 e. The van der Waals surface area contributed by atoms with Crippen LogP contribution < -0.4 is 0 Å². The van der Waals surface area contributed by atoms with Crippen molar-refractivity contribution in [3.8, 4) is 16.8 Å². The summed E-state index contributed by atoms with van der Waals surface area (Å²) < 4.78 is 54.8. The number of carbonyl (C=O) groups excluding carboxylic acids is 1. The summed E-state index contributed by atoms with van der Waals surface area (Å²) in [5.74, 6) is -0.588. The molecule has 1 heterocycles. The van der Waals surface area contributed by atoms with Crippen molar-refractivity contribution in [2.24, 2.45) is 5.41 Å². The fraction of sp³-hybridized carbons (Fsp3) is 0.364. The van der Waals surface area contributed by atoms with Gasteiger partial charge in [-0.3, -0.25) is 4.79 Å². The van der Waals surface area contributed by atoms with Crippen LogP contribution in [0.15, 0.2) is 42.5 Å². The number of ketones is 1. The largest absolute Gasteiger partial charge is 0.394 e. The SMILES string of the molecule is CC(C)c1nnnn1-c1cc(C(=O)CC(C)(C)C(F)(F)F)cc(-c2ccc(F)cc2)c1. The molecule has 0 amide bonds. The molecule has 0 fully saturated rings. The average Bonchev–Trinajstić information content (AvgIpc) is 3.17. The summed E-state index contributed by atoms with van der Waals surface area (Å²) >= 11 is 0. The summed E-state index contributed by atoms with van der Waals surface area (Å²) in [7, 11) is 0. The third-order valence-corrected chi connectivity index (χ3v) is 5.04. The van der Waals surface area contributed by atoms with Crippen LogP contribution in [0.1, 0.15) is 56.2 Å². The minimum Gasteiger partial charge on any atom is -0.294 e. The van der Waals surface area contributed by atoms with Gasteiger partial charge in [-0.25, -0.2) is 4.39 Å². The standard InChI is InChI=1S/C22H22F4N4O/c1-13(2)20-27-28-29-30(20)18-10-15(14-5-7-17(23)8-6-14)9-16(11-18)19(31)12-21(3,4)22(24,25)26/h5-11,13H,12H2,1-4H3. The molecule has 0 aliphatic rings. The number of benzene rings is 2. The van der Waals surface area contributed by atoms with Crippen LogP contribution in [0, 0.1) is 11.2 Å². The Morgan fingerprint density at radius 2 is 1.68 bits per heavy atom. The quantitative estimate of drug-likeness (QED) is 0.366. The first kappa shape index (κ1) is 22.6. The Morgan fingerprint density at radius 1 is 1.03 bits per heavy atom. The van der Waals surface area contributed by atoms with E-state index in [1.54, 1.807) is 6.07 Å². The molecule has 9 heteroatoms. The van der Waals surface area contributed by atoms with Crippen LogP contribution in [-0.4, -0.2) is 32.2 Å². The van der Waals surface area contributed by atoms with E-state index in [4.69, 9.17) is 0 Å². The summed E-state index contributed by atoms with van der Waals surface area (Å²) in [5.41, 5.74) is -0.515. The number of aromatic nitrogens is 4. The number of nitrogens with zero attached hydrogens (tertiary/aromatic N) is 4. The van der Waals surface area contributed by atoms with Crippen molar-refractivity contribution < 1.29 is 22.4 Å². The van der Waals surface area contributed by atoms with Gasteiger partial charge in [-0.05, 0) is 51.9 Å². The Kier molecular flexibility index (Phi) is 5.98. The first-order chi connectivity index (χ1) is 14.4. The van der Waals surface area contributed by atoms with Gasteiger partial charge in [-0.2, -0.15) is 17.9 Å². The number of halogens is 4. The lowest BCUT2D eigenvalue weighted by molar-refractivity contribution is -0.209. The Morgan fingerprint density at radius 3 is 2.26 bits per heavy atom. The third kappa shape index (κ3) is 4.81. The Labute approximate surface area is 177 Å². The molecule has 5 nitrogen and oxygen atoms in total. The van der Waals surface area contributed by atoms with Gasteiger partial charge in [0.15, 0.2) is 11.6 Å². The predicted octanol–water partition coefficient (Wildman–Crippen LogP) is 5.75. The zero-order chi connectivity index (χ0) is 23.0. The maximum absolute atomic E-state index is 13.4. The van der Waals surface area contributed by atoms with Gasteiger partial charge < -0.3 is 0 Å². The van der Waals surface area contributed by atoms with E-state index in [1.807, 2.05) is 13.8 Å². The molecule has 3 aromatic rings. The highest BCUT2D eigenvalue weighted by atomic mass is 19.4. The maximum atomic E-state index is 13.4. The van der Waals surface area contributed by atoms with E-state index >= 15 is 0 Å². The fourth-order valence-electron chi connectivity index (χ4n) is 3.05. The molecule has 31 heavy (non-hydrogen) atoms. The molecule has 2 aromatic carbocycles. The molecule has 0 atom stereocenters. The molecule has 1 aromatic heterocycles. The molecule has 0 aliphatic carbocycles. The fourth-order valence-corrected chi connectivity index (χ4v) is 3.05. The van der Waals surface area contributed by atoms with E-state index in [0.29, 0.717) is 22.6 Å². The first-order valence-corrected chi connectivity index (χ1v) is 9.68. The molecule has 0 radical (unpaired) electrons. The minimum atomic E-state index is -4.53. The van der Waals surface area contributed by atoms with Gasteiger partial charge in [-0.15, -0.1) is 5.10 Å². The number of hydrogen-bond acceptors (Lipinski definition) is 4. The number of rotatable bonds is 6. The predicted molar refractivity (Wildman–Crippen MR) is 107 cm³/mol. The van der Waals surface area contributed by atoms with E-state index in [0.717, 1.165) is 13.8 Å². The van der Waals surface area contributed by atoms with Crippen LogP contribution in [0.2, 0.25) is 0 Å². The normalized spacial score (nSPS) is 12.4. The van der Waals surface area contributed by atoms with Crippen molar-refractivity contribution in [3.05, 3.63) is 59.7 Å². The average molecular weight is 434 g/mol. The molecule has 0 unspecified atom stereocenters. The molecular weight excluding hydrogens is 412 g/mol. The number of hydrogen-bond donors (Lipinski definition) is 0. The zero-order valence-corrected chi connectivity index (χ0v) is 17.5. The zero-order valence-electron chi connectivity index (χ0n) is 17.5. The number of alkyl halides is 3. The van der Waals surface area contributed by atoms with E-state index in [9.17, 15) is 22.4 Å². The van der Waals surface area contributed by atoms with Crippen LogP contribution in [0.5, 0.6) is 0 Å². The Balaban J connectivity index is 2.12. The molecular formula is C22H22F4N4O. The number of Topliss-reactive ketones (excluding diaryl/α,β-unsaturated/α-hetero) is 1. The van der Waals surface area contributed by atoms with Crippen LogP contribution in [0.4, 0.5) is 17.6 Å². The summed E-state index contributed by atoms with van der Waals surface area (Å²) in [5, 5.41) is 11.6. The summed E-state index contributed by atoms with van der Waals surface area (Å²) in [4.78, 5) is 12.9. The number of tetrazole rings is 1. The smallest absolute Gasteiger partial charge is 0.294 e. The van der Waals surface area contributed by atoms with E-state index in [1.165, 1.54) is 41.1 Å². The van der Waals surface area contributed by atoms with Crippen LogP contribution in [-0.2, 0) is 0 Å². The van der Waals surface area contributed by atoms with Gasteiger partial charge in [-0.1, -0.05) is 39.8 Å². The van der Waals surface area contributed by atoms with Gasteiger partial charge in [0.25, 0.3) is 0 Å². The second-order valence-electron chi connectivity index (χ2n) is 8.36. The van der Waals surface area contributed by atoms with Crippen molar-refractivity contribution >= 4 is 5.78 Å². The van der Waals surface area contributed by atoms with Gasteiger partial charge in [0.05, 0.1) is 11.1 Å². The topological polar surface area (TPSA) is 60.7 Å². The van der Waals surface area contributed by atoms with E-state index < -0.39 is 29.6 Å².